The molecule has 0 aromatic heterocycles. The number of amides is 1. The van der Waals surface area contributed by atoms with Crippen LogP contribution in [0.25, 0.3) is 0 Å². The van der Waals surface area contributed by atoms with Gasteiger partial charge < -0.3 is 14.4 Å². The topological polar surface area (TPSA) is 46.6 Å². The molecule has 120 valence electrons. The van der Waals surface area contributed by atoms with Crippen LogP contribution in [0.5, 0.6) is 0 Å². The molecule has 4 nitrogen and oxygen atoms in total. The van der Waals surface area contributed by atoms with E-state index in [0.29, 0.717) is 11.3 Å². The van der Waals surface area contributed by atoms with Crippen molar-refractivity contribution in [3.05, 3.63) is 0 Å². The lowest BCUT2D eigenvalue weighted by molar-refractivity contribution is -0.109. The maximum Gasteiger partial charge on any atom is 0.410 e. The summed E-state index contributed by atoms with van der Waals surface area (Å²) in [5.74, 6) is 0.594. The molecule has 1 aliphatic heterocycles. The third-order valence-corrected chi connectivity index (χ3v) is 5.07. The molecule has 1 saturated heterocycles. The molecule has 0 N–H and O–H groups in total. The van der Waals surface area contributed by atoms with Crippen LogP contribution in [0, 0.1) is 11.3 Å². The van der Waals surface area contributed by atoms with E-state index < -0.39 is 5.60 Å². The highest BCUT2D eigenvalue weighted by atomic mass is 16.6. The molecule has 1 saturated carbocycles. The zero-order valence-corrected chi connectivity index (χ0v) is 13.7. The molecule has 0 radical (unpaired) electrons. The number of carbonyl (C=O) groups excluding carboxylic acids is 2. The highest BCUT2D eigenvalue weighted by molar-refractivity contribution is 5.68. The van der Waals surface area contributed by atoms with Crippen molar-refractivity contribution < 1.29 is 14.3 Å². The summed E-state index contributed by atoms with van der Waals surface area (Å²) in [6.45, 7) is 7.35. The van der Waals surface area contributed by atoms with Gasteiger partial charge in [-0.3, -0.25) is 0 Å². The Hall–Kier alpha value is -1.06. The van der Waals surface area contributed by atoms with Crippen LogP contribution in [-0.4, -0.2) is 36.0 Å². The van der Waals surface area contributed by atoms with Gasteiger partial charge in [0.05, 0.1) is 0 Å². The van der Waals surface area contributed by atoms with Gasteiger partial charge in [-0.2, -0.15) is 0 Å². The lowest BCUT2D eigenvalue weighted by Gasteiger charge is -2.45. The van der Waals surface area contributed by atoms with Crippen LogP contribution in [-0.2, 0) is 9.53 Å². The maximum atomic E-state index is 12.1. The first-order valence-electron chi connectivity index (χ1n) is 8.25. The van der Waals surface area contributed by atoms with Crippen molar-refractivity contribution in [1.82, 2.24) is 4.90 Å². The van der Waals surface area contributed by atoms with Crippen LogP contribution in [0.15, 0.2) is 0 Å². The third-order valence-electron chi connectivity index (χ3n) is 5.07. The second-order valence-electron chi connectivity index (χ2n) is 7.81. The van der Waals surface area contributed by atoms with Gasteiger partial charge in [0.25, 0.3) is 0 Å². The molecule has 0 unspecified atom stereocenters. The van der Waals surface area contributed by atoms with Crippen LogP contribution in [0.3, 0.4) is 0 Å². The van der Waals surface area contributed by atoms with Crippen molar-refractivity contribution in [3.63, 3.8) is 0 Å². The van der Waals surface area contributed by atoms with Gasteiger partial charge in [-0.1, -0.05) is 0 Å². The van der Waals surface area contributed by atoms with Crippen molar-refractivity contribution in [2.24, 2.45) is 11.3 Å². The molecule has 2 rings (SSSR count). The molecular formula is C17H29NO3. The van der Waals surface area contributed by atoms with Gasteiger partial charge in [0.2, 0.25) is 0 Å². The fourth-order valence-corrected chi connectivity index (χ4v) is 3.65. The number of carbonyl (C=O) groups is 2. The molecule has 2 aliphatic rings. The van der Waals surface area contributed by atoms with Gasteiger partial charge in [0, 0.05) is 19.5 Å². The zero-order valence-electron chi connectivity index (χ0n) is 13.7. The van der Waals surface area contributed by atoms with Crippen LogP contribution in [0.1, 0.15) is 65.7 Å². The third kappa shape index (κ3) is 4.45. The molecule has 0 aromatic carbocycles. The SMILES string of the molecule is CC(C)(C)OC(=O)N1CCC2(CCC(CC=O)CC2)CC1. The normalized spacial score (nSPS) is 23.1. The average Bonchev–Trinajstić information content (AvgIpc) is 2.41. The Morgan fingerprint density at radius 3 is 2.24 bits per heavy atom. The summed E-state index contributed by atoms with van der Waals surface area (Å²) >= 11 is 0. The van der Waals surface area contributed by atoms with Gasteiger partial charge in [0.1, 0.15) is 11.9 Å². The molecule has 0 bridgehead atoms. The Balaban J connectivity index is 1.81. The summed E-state index contributed by atoms with van der Waals surface area (Å²) in [7, 11) is 0. The van der Waals surface area contributed by atoms with E-state index in [4.69, 9.17) is 4.74 Å². The van der Waals surface area contributed by atoms with Crippen molar-refractivity contribution >= 4 is 12.4 Å². The second-order valence-corrected chi connectivity index (χ2v) is 7.81. The van der Waals surface area contributed by atoms with Gasteiger partial charge in [0.15, 0.2) is 0 Å². The van der Waals surface area contributed by atoms with E-state index in [1.165, 1.54) is 25.7 Å². The van der Waals surface area contributed by atoms with Crippen LogP contribution in [0.2, 0.25) is 0 Å². The van der Waals surface area contributed by atoms with Crippen molar-refractivity contribution in [2.75, 3.05) is 13.1 Å². The minimum atomic E-state index is -0.418. The summed E-state index contributed by atoms with van der Waals surface area (Å²) in [6, 6.07) is 0. The minimum absolute atomic E-state index is 0.174. The Morgan fingerprint density at radius 1 is 1.19 bits per heavy atom. The van der Waals surface area contributed by atoms with Crippen LogP contribution in [0.4, 0.5) is 4.79 Å². The second kappa shape index (κ2) is 6.37. The Kier molecular flexibility index (Phi) is 4.95. The molecule has 4 heteroatoms. The fourth-order valence-electron chi connectivity index (χ4n) is 3.65. The molecule has 0 aromatic rings. The fraction of sp³-hybridized carbons (Fsp3) is 0.882. The average molecular weight is 295 g/mol. The number of ether oxygens (including phenoxy) is 1. The Bertz CT molecular complexity index is 368. The van der Waals surface area contributed by atoms with Gasteiger partial charge in [-0.15, -0.1) is 0 Å². The van der Waals surface area contributed by atoms with Gasteiger partial charge >= 0.3 is 6.09 Å². The van der Waals surface area contributed by atoms with Crippen molar-refractivity contribution in [3.8, 4) is 0 Å². The minimum Gasteiger partial charge on any atom is -0.444 e. The highest BCUT2D eigenvalue weighted by Gasteiger charge is 2.39. The number of hydrogen-bond acceptors (Lipinski definition) is 3. The summed E-state index contributed by atoms with van der Waals surface area (Å²) in [5, 5.41) is 0. The molecule has 1 amide bonds. The summed E-state index contributed by atoms with van der Waals surface area (Å²) in [4.78, 5) is 24.6. The van der Waals surface area contributed by atoms with E-state index in [1.54, 1.807) is 0 Å². The van der Waals surface area contributed by atoms with Crippen molar-refractivity contribution in [1.29, 1.82) is 0 Å². The Labute approximate surface area is 128 Å². The van der Waals surface area contributed by atoms with E-state index in [-0.39, 0.29) is 6.09 Å². The number of hydrogen-bond donors (Lipinski definition) is 0. The monoisotopic (exact) mass is 295 g/mol. The standard InChI is InChI=1S/C17H29NO3/c1-16(2,3)21-15(20)18-11-9-17(10-12-18)7-4-14(5-8-17)6-13-19/h13-14H,4-12H2,1-3H3. The first-order valence-corrected chi connectivity index (χ1v) is 8.25. The number of nitrogens with zero attached hydrogens (tertiary/aromatic N) is 1. The molecular weight excluding hydrogens is 266 g/mol. The number of rotatable bonds is 2. The smallest absolute Gasteiger partial charge is 0.410 e. The van der Waals surface area contributed by atoms with E-state index in [1.807, 2.05) is 25.7 Å². The molecule has 1 aliphatic carbocycles. The predicted molar refractivity (Wildman–Crippen MR) is 82.1 cm³/mol. The van der Waals surface area contributed by atoms with E-state index in [9.17, 15) is 9.59 Å². The van der Waals surface area contributed by atoms with Crippen LogP contribution >= 0.6 is 0 Å². The summed E-state index contributed by atoms with van der Waals surface area (Å²) < 4.78 is 5.45. The first kappa shape index (κ1) is 16.3. The molecule has 1 heterocycles. The first-order chi connectivity index (χ1) is 9.84. The summed E-state index contributed by atoms with van der Waals surface area (Å²) in [5.41, 5.74) is -0.00297. The van der Waals surface area contributed by atoms with Gasteiger partial charge in [-0.05, 0) is 70.6 Å². The lowest BCUT2D eigenvalue weighted by Crippen LogP contribution is -2.46. The van der Waals surface area contributed by atoms with E-state index in [2.05, 4.69) is 0 Å². The lowest BCUT2D eigenvalue weighted by atomic mass is 9.65. The van der Waals surface area contributed by atoms with Crippen LogP contribution < -0.4 is 0 Å². The molecule has 21 heavy (non-hydrogen) atoms. The summed E-state index contributed by atoms with van der Waals surface area (Å²) in [6.07, 6.45) is 8.55. The molecule has 0 atom stereocenters. The van der Waals surface area contributed by atoms with Crippen molar-refractivity contribution in [2.45, 2.75) is 71.3 Å². The predicted octanol–water partition coefficient (Wildman–Crippen LogP) is 3.78. The van der Waals surface area contributed by atoms with E-state index in [0.717, 1.165) is 38.6 Å². The quantitative estimate of drug-likeness (QED) is 0.728. The number of piperidine rings is 1. The largest absolute Gasteiger partial charge is 0.444 e. The van der Waals surface area contributed by atoms with Gasteiger partial charge in [-0.25, -0.2) is 4.79 Å². The highest BCUT2D eigenvalue weighted by Crippen LogP contribution is 2.46. The zero-order chi connectivity index (χ0) is 15.5. The Morgan fingerprint density at radius 2 is 1.76 bits per heavy atom. The number of aldehydes is 1. The molecule has 1 spiro atoms. The molecule has 2 fully saturated rings. The maximum absolute atomic E-state index is 12.1. The van der Waals surface area contributed by atoms with E-state index >= 15 is 0 Å². The number of likely N-dealkylation sites (tertiary alicyclic amines) is 1.